The normalized spacial score (nSPS) is 14.0. The number of benzene rings is 2. The van der Waals surface area contributed by atoms with Gasteiger partial charge in [0.1, 0.15) is 5.75 Å². The van der Waals surface area contributed by atoms with Crippen molar-refractivity contribution in [1.29, 1.82) is 0 Å². The number of hydrogen-bond donors (Lipinski definition) is 2. The van der Waals surface area contributed by atoms with E-state index in [-0.39, 0.29) is 10.8 Å². The monoisotopic (exact) mass is 428 g/mol. The Kier molecular flexibility index (Phi) is 7.15. The number of amides is 1. The third kappa shape index (κ3) is 5.63. The van der Waals surface area contributed by atoms with Crippen LogP contribution in [0.1, 0.15) is 48.0 Å². The van der Waals surface area contributed by atoms with Crippen LogP contribution in [0.25, 0.3) is 0 Å². The zero-order valence-corrected chi connectivity index (χ0v) is 18.2. The number of carbonyl (C=O) groups excluding carboxylic acids is 1. The van der Waals surface area contributed by atoms with Crippen LogP contribution in [0, 0.1) is 6.92 Å². The lowest BCUT2D eigenvalue weighted by Gasteiger charge is -2.14. The number of methoxy groups -OCH3 is 1. The lowest BCUT2D eigenvalue weighted by Crippen LogP contribution is -2.25. The van der Waals surface area contributed by atoms with Gasteiger partial charge < -0.3 is 10.1 Å². The van der Waals surface area contributed by atoms with Crippen LogP contribution in [0.5, 0.6) is 5.75 Å². The van der Waals surface area contributed by atoms with E-state index in [4.69, 9.17) is 4.74 Å². The molecule has 2 N–H and O–H groups in total. The van der Waals surface area contributed by atoms with Crippen molar-refractivity contribution >= 4 is 21.6 Å². The summed E-state index contributed by atoms with van der Waals surface area (Å²) in [7, 11) is -2.26. The molecule has 0 saturated carbocycles. The molecule has 1 aliphatic rings. The summed E-state index contributed by atoms with van der Waals surface area (Å²) in [5.41, 5.74) is 2.94. The van der Waals surface area contributed by atoms with E-state index in [1.54, 1.807) is 37.3 Å². The van der Waals surface area contributed by atoms with Crippen molar-refractivity contribution in [2.45, 2.75) is 43.9 Å². The van der Waals surface area contributed by atoms with Gasteiger partial charge in [-0.05, 0) is 81.0 Å². The van der Waals surface area contributed by atoms with Crippen molar-refractivity contribution in [3.8, 4) is 5.75 Å². The minimum atomic E-state index is -3.78. The van der Waals surface area contributed by atoms with Gasteiger partial charge in [0.2, 0.25) is 0 Å². The van der Waals surface area contributed by atoms with Gasteiger partial charge in [0.25, 0.3) is 15.9 Å². The Balaban J connectivity index is 1.67. The number of allylic oxidation sites excluding steroid dienone is 1. The SMILES string of the molecule is COc1ccc(S(=O)(=O)Nc2cc(C(=O)NCCC3=CCCCC3)ccc2C)cc1. The van der Waals surface area contributed by atoms with Gasteiger partial charge in [-0.3, -0.25) is 9.52 Å². The minimum absolute atomic E-state index is 0.123. The Morgan fingerprint density at radius 3 is 2.53 bits per heavy atom. The van der Waals surface area contributed by atoms with E-state index in [9.17, 15) is 13.2 Å². The summed E-state index contributed by atoms with van der Waals surface area (Å²) >= 11 is 0. The summed E-state index contributed by atoms with van der Waals surface area (Å²) in [6.07, 6.45) is 7.82. The average molecular weight is 429 g/mol. The van der Waals surface area contributed by atoms with Crippen molar-refractivity contribution in [3.63, 3.8) is 0 Å². The maximum absolute atomic E-state index is 12.7. The molecule has 0 aliphatic heterocycles. The minimum Gasteiger partial charge on any atom is -0.497 e. The molecule has 160 valence electrons. The van der Waals surface area contributed by atoms with Gasteiger partial charge in [-0.2, -0.15) is 0 Å². The van der Waals surface area contributed by atoms with Crippen LogP contribution in [0.15, 0.2) is 59.0 Å². The molecule has 0 atom stereocenters. The van der Waals surface area contributed by atoms with E-state index in [1.807, 2.05) is 0 Å². The molecule has 30 heavy (non-hydrogen) atoms. The second kappa shape index (κ2) is 9.80. The first-order valence-corrected chi connectivity index (χ1v) is 11.6. The van der Waals surface area contributed by atoms with E-state index in [0.29, 0.717) is 23.5 Å². The fourth-order valence-corrected chi connectivity index (χ4v) is 4.52. The zero-order valence-electron chi connectivity index (χ0n) is 17.4. The molecule has 2 aromatic carbocycles. The standard InChI is InChI=1S/C23H28N2O4S/c1-17-8-9-19(23(26)24-15-14-18-6-4-3-5-7-18)16-22(17)25-30(27,28)21-12-10-20(29-2)11-13-21/h6,8-13,16,25H,3-5,7,14-15H2,1-2H3,(H,24,26). The van der Waals surface area contributed by atoms with Gasteiger partial charge in [-0.25, -0.2) is 8.42 Å². The molecule has 0 saturated heterocycles. The Hall–Kier alpha value is -2.80. The first-order valence-electron chi connectivity index (χ1n) is 10.1. The van der Waals surface area contributed by atoms with Crippen LogP contribution < -0.4 is 14.8 Å². The maximum atomic E-state index is 12.7. The number of nitrogens with one attached hydrogen (secondary N) is 2. The van der Waals surface area contributed by atoms with Crippen molar-refractivity contribution in [2.24, 2.45) is 0 Å². The molecule has 3 rings (SSSR count). The predicted molar refractivity (Wildman–Crippen MR) is 118 cm³/mol. The smallest absolute Gasteiger partial charge is 0.261 e. The highest BCUT2D eigenvalue weighted by Crippen LogP contribution is 2.23. The van der Waals surface area contributed by atoms with Gasteiger partial charge in [0.05, 0.1) is 17.7 Å². The fraction of sp³-hybridized carbons (Fsp3) is 0.348. The molecule has 0 radical (unpaired) electrons. The first-order chi connectivity index (χ1) is 14.4. The van der Waals surface area contributed by atoms with Gasteiger partial charge in [0, 0.05) is 12.1 Å². The van der Waals surface area contributed by atoms with Crippen LogP contribution in [0.2, 0.25) is 0 Å². The molecule has 0 aromatic heterocycles. The first kappa shape index (κ1) is 21.9. The average Bonchev–Trinajstić information content (AvgIpc) is 2.76. The second-order valence-corrected chi connectivity index (χ2v) is 9.11. The van der Waals surface area contributed by atoms with Gasteiger partial charge >= 0.3 is 0 Å². The molecular formula is C23H28N2O4S. The summed E-state index contributed by atoms with van der Waals surface area (Å²) in [6.45, 7) is 2.37. The molecule has 0 bridgehead atoms. The molecule has 0 spiro atoms. The lowest BCUT2D eigenvalue weighted by molar-refractivity contribution is 0.0954. The van der Waals surface area contributed by atoms with Crippen molar-refractivity contribution in [1.82, 2.24) is 5.32 Å². The van der Waals surface area contributed by atoms with Crippen LogP contribution in [0.3, 0.4) is 0 Å². The molecular weight excluding hydrogens is 400 g/mol. The highest BCUT2D eigenvalue weighted by atomic mass is 32.2. The number of aryl methyl sites for hydroxylation is 1. The molecule has 6 nitrogen and oxygen atoms in total. The van der Waals surface area contributed by atoms with Gasteiger partial charge in [-0.15, -0.1) is 0 Å². The largest absolute Gasteiger partial charge is 0.497 e. The number of anilines is 1. The third-order valence-corrected chi connectivity index (χ3v) is 6.61. The van der Waals surface area contributed by atoms with E-state index in [2.05, 4.69) is 16.1 Å². The molecule has 0 heterocycles. The summed E-state index contributed by atoms with van der Waals surface area (Å²) in [4.78, 5) is 12.7. The van der Waals surface area contributed by atoms with Crippen molar-refractivity contribution in [2.75, 3.05) is 18.4 Å². The topological polar surface area (TPSA) is 84.5 Å². The Labute approximate surface area is 178 Å². The number of hydrogen-bond acceptors (Lipinski definition) is 4. The molecule has 0 fully saturated rings. The number of sulfonamides is 1. The van der Waals surface area contributed by atoms with Crippen LogP contribution >= 0.6 is 0 Å². The van der Waals surface area contributed by atoms with E-state index in [1.165, 1.54) is 37.7 Å². The Morgan fingerprint density at radius 1 is 1.10 bits per heavy atom. The lowest BCUT2D eigenvalue weighted by atomic mass is 9.97. The van der Waals surface area contributed by atoms with Crippen LogP contribution in [-0.4, -0.2) is 28.0 Å². The summed E-state index contributed by atoms with van der Waals surface area (Å²) in [5.74, 6) is 0.365. The fourth-order valence-electron chi connectivity index (χ4n) is 3.40. The summed E-state index contributed by atoms with van der Waals surface area (Å²) < 4.78 is 33.1. The van der Waals surface area contributed by atoms with Crippen LogP contribution in [-0.2, 0) is 10.0 Å². The molecule has 1 aliphatic carbocycles. The van der Waals surface area contributed by atoms with Crippen LogP contribution in [0.4, 0.5) is 5.69 Å². The van der Waals surface area contributed by atoms with Crippen molar-refractivity contribution < 1.29 is 17.9 Å². The number of rotatable bonds is 8. The molecule has 0 unspecified atom stereocenters. The zero-order chi connectivity index (χ0) is 21.6. The predicted octanol–water partition coefficient (Wildman–Crippen LogP) is 4.42. The summed E-state index contributed by atoms with van der Waals surface area (Å²) in [5, 5.41) is 2.93. The van der Waals surface area contributed by atoms with Crippen molar-refractivity contribution in [3.05, 3.63) is 65.2 Å². The number of ether oxygens (including phenoxy) is 1. The second-order valence-electron chi connectivity index (χ2n) is 7.42. The quantitative estimate of drug-likeness (QED) is 0.610. The molecule has 2 aromatic rings. The maximum Gasteiger partial charge on any atom is 0.261 e. The van der Waals surface area contributed by atoms with Gasteiger partial charge in [-0.1, -0.05) is 17.7 Å². The third-order valence-electron chi connectivity index (χ3n) is 5.23. The Morgan fingerprint density at radius 2 is 1.87 bits per heavy atom. The van der Waals surface area contributed by atoms with E-state index in [0.717, 1.165) is 24.8 Å². The summed E-state index contributed by atoms with van der Waals surface area (Å²) in [6, 6.07) is 11.2. The molecule has 1 amide bonds. The van der Waals surface area contributed by atoms with Gasteiger partial charge in [0.15, 0.2) is 0 Å². The molecule has 7 heteroatoms. The van der Waals surface area contributed by atoms with E-state index < -0.39 is 10.0 Å². The highest BCUT2D eigenvalue weighted by Gasteiger charge is 2.17. The van der Waals surface area contributed by atoms with E-state index >= 15 is 0 Å². The highest BCUT2D eigenvalue weighted by molar-refractivity contribution is 7.92. The number of carbonyl (C=O) groups is 1. The Bertz CT molecular complexity index is 1030.